The highest BCUT2D eigenvalue weighted by Crippen LogP contribution is 2.41. The van der Waals surface area contributed by atoms with Gasteiger partial charge in [-0.25, -0.2) is 0 Å². The number of halogens is 1. The Morgan fingerprint density at radius 1 is 1.24 bits per heavy atom. The van der Waals surface area contributed by atoms with Gasteiger partial charge in [0.1, 0.15) is 23.8 Å². The Bertz CT molecular complexity index is 1150. The third-order valence-electron chi connectivity index (χ3n) is 5.04. The SMILES string of the molecule is C=C1Oc2ccc(C)cc2-c2c1cnn2CC(=O)Cc1cc(C)c(Cl)cc1OC. The van der Waals surface area contributed by atoms with Crippen LogP contribution in [0, 0.1) is 13.8 Å². The van der Waals surface area contributed by atoms with Gasteiger partial charge in [0.25, 0.3) is 0 Å². The predicted molar refractivity (Wildman–Crippen MR) is 114 cm³/mol. The molecule has 0 bridgehead atoms. The number of rotatable bonds is 5. The molecular weight excluding hydrogens is 388 g/mol. The standard InChI is InChI=1S/C23H21ClN2O3/c1-13-5-6-21-18(7-13)23-19(15(3)29-21)11-25-26(23)12-17(27)9-16-8-14(2)20(24)10-22(16)28-4/h5-8,10-11H,3,9,12H2,1-2,4H3. The van der Waals surface area contributed by atoms with E-state index in [1.165, 1.54) is 0 Å². The first-order valence-electron chi connectivity index (χ1n) is 9.26. The van der Waals surface area contributed by atoms with Gasteiger partial charge in [0.15, 0.2) is 5.78 Å². The minimum atomic E-state index is 0.0160. The first-order valence-corrected chi connectivity index (χ1v) is 9.64. The van der Waals surface area contributed by atoms with Crippen LogP contribution in [0.4, 0.5) is 0 Å². The van der Waals surface area contributed by atoms with E-state index in [0.29, 0.717) is 16.5 Å². The summed E-state index contributed by atoms with van der Waals surface area (Å²) in [6.07, 6.45) is 1.93. The van der Waals surface area contributed by atoms with Crippen molar-refractivity contribution in [2.24, 2.45) is 0 Å². The molecule has 5 nitrogen and oxygen atoms in total. The maximum absolute atomic E-state index is 12.9. The number of aryl methyl sites for hydroxylation is 2. The Morgan fingerprint density at radius 2 is 2.03 bits per heavy atom. The zero-order valence-corrected chi connectivity index (χ0v) is 17.3. The quantitative estimate of drug-likeness (QED) is 0.595. The van der Waals surface area contributed by atoms with Crippen molar-refractivity contribution in [3.8, 4) is 22.8 Å². The number of carbonyl (C=O) groups excluding carboxylic acids is 1. The van der Waals surface area contributed by atoms with Crippen LogP contribution in [0.25, 0.3) is 17.0 Å². The van der Waals surface area contributed by atoms with Crippen molar-refractivity contribution in [3.63, 3.8) is 0 Å². The van der Waals surface area contributed by atoms with Gasteiger partial charge in [-0.1, -0.05) is 35.9 Å². The van der Waals surface area contributed by atoms with E-state index in [4.69, 9.17) is 21.1 Å². The van der Waals surface area contributed by atoms with E-state index in [9.17, 15) is 4.79 Å². The highest BCUT2D eigenvalue weighted by molar-refractivity contribution is 6.31. The summed E-state index contributed by atoms with van der Waals surface area (Å²) in [5, 5.41) is 5.05. The fourth-order valence-electron chi connectivity index (χ4n) is 3.59. The fourth-order valence-corrected chi connectivity index (χ4v) is 3.74. The van der Waals surface area contributed by atoms with Crippen LogP contribution in [0.2, 0.25) is 5.02 Å². The molecule has 29 heavy (non-hydrogen) atoms. The van der Waals surface area contributed by atoms with Crippen molar-refractivity contribution in [1.82, 2.24) is 9.78 Å². The molecule has 4 rings (SSSR count). The van der Waals surface area contributed by atoms with Gasteiger partial charge >= 0.3 is 0 Å². The Hall–Kier alpha value is -3.05. The third-order valence-corrected chi connectivity index (χ3v) is 5.45. The average Bonchev–Trinajstić information content (AvgIpc) is 3.09. The van der Waals surface area contributed by atoms with Gasteiger partial charge in [-0.3, -0.25) is 9.48 Å². The molecular formula is C23H21ClN2O3. The number of nitrogens with zero attached hydrogens (tertiary/aromatic N) is 2. The summed E-state index contributed by atoms with van der Waals surface area (Å²) in [6, 6.07) is 9.58. The Morgan fingerprint density at radius 3 is 2.79 bits per heavy atom. The summed E-state index contributed by atoms with van der Waals surface area (Å²) in [5.74, 6) is 1.88. The number of hydrogen-bond acceptors (Lipinski definition) is 4. The molecule has 1 aliphatic rings. The van der Waals surface area contributed by atoms with Crippen LogP contribution < -0.4 is 9.47 Å². The monoisotopic (exact) mass is 408 g/mol. The van der Waals surface area contributed by atoms with Crippen molar-refractivity contribution in [2.75, 3.05) is 7.11 Å². The molecule has 2 aromatic carbocycles. The average molecular weight is 409 g/mol. The fraction of sp³-hybridized carbons (Fsp3) is 0.217. The molecule has 6 heteroatoms. The van der Waals surface area contributed by atoms with Crippen LogP contribution >= 0.6 is 11.6 Å². The van der Waals surface area contributed by atoms with E-state index in [1.54, 1.807) is 24.1 Å². The van der Waals surface area contributed by atoms with Crippen molar-refractivity contribution < 1.29 is 14.3 Å². The van der Waals surface area contributed by atoms with Gasteiger partial charge in [0, 0.05) is 22.6 Å². The molecule has 0 amide bonds. The first kappa shape index (κ1) is 19.3. The zero-order valence-electron chi connectivity index (χ0n) is 16.6. The van der Waals surface area contributed by atoms with Crippen molar-refractivity contribution >= 4 is 23.1 Å². The lowest BCUT2D eigenvalue weighted by molar-refractivity contribution is -0.119. The Balaban J connectivity index is 1.65. The molecule has 1 aromatic heterocycles. The number of ketones is 1. The van der Waals surface area contributed by atoms with E-state index in [2.05, 4.69) is 11.7 Å². The second-order valence-corrected chi connectivity index (χ2v) is 7.63. The second kappa shape index (κ2) is 7.41. The summed E-state index contributed by atoms with van der Waals surface area (Å²) in [7, 11) is 1.57. The molecule has 0 saturated heterocycles. The first-order chi connectivity index (χ1) is 13.9. The molecule has 0 radical (unpaired) electrons. The predicted octanol–water partition coefficient (Wildman–Crippen LogP) is 5.00. The topological polar surface area (TPSA) is 53.4 Å². The van der Waals surface area contributed by atoms with Gasteiger partial charge in [-0.2, -0.15) is 5.10 Å². The molecule has 148 valence electrons. The maximum Gasteiger partial charge on any atom is 0.158 e. The van der Waals surface area contributed by atoms with E-state index >= 15 is 0 Å². The molecule has 0 aliphatic carbocycles. The smallest absolute Gasteiger partial charge is 0.158 e. The van der Waals surface area contributed by atoms with Gasteiger partial charge in [0.2, 0.25) is 0 Å². The van der Waals surface area contributed by atoms with Crippen LogP contribution in [0.1, 0.15) is 22.3 Å². The third kappa shape index (κ3) is 3.54. The number of aromatic nitrogens is 2. The normalized spacial score (nSPS) is 12.2. The van der Waals surface area contributed by atoms with Gasteiger partial charge < -0.3 is 9.47 Å². The number of fused-ring (bicyclic) bond motifs is 3. The summed E-state index contributed by atoms with van der Waals surface area (Å²) in [4.78, 5) is 12.9. The van der Waals surface area contributed by atoms with E-state index < -0.39 is 0 Å². The molecule has 0 spiro atoms. The molecule has 3 aromatic rings. The van der Waals surface area contributed by atoms with Crippen molar-refractivity contribution in [3.05, 3.63) is 70.4 Å². The lowest BCUT2D eigenvalue weighted by Crippen LogP contribution is -2.16. The van der Waals surface area contributed by atoms with Crippen LogP contribution in [0.3, 0.4) is 0 Å². The molecule has 1 aliphatic heterocycles. The zero-order chi connectivity index (χ0) is 20.7. The molecule has 0 N–H and O–H groups in total. The van der Waals surface area contributed by atoms with Gasteiger partial charge in [-0.05, 0) is 37.6 Å². The minimum absolute atomic E-state index is 0.0160. The van der Waals surface area contributed by atoms with E-state index in [0.717, 1.165) is 39.3 Å². The molecule has 0 unspecified atom stereocenters. The van der Waals surface area contributed by atoms with Gasteiger partial charge in [-0.15, -0.1) is 0 Å². The second-order valence-electron chi connectivity index (χ2n) is 7.22. The molecule has 0 fully saturated rings. The number of methoxy groups -OCH3 is 1. The number of Topliss-reactive ketones (excluding diaryl/α,β-unsaturated/α-hetero) is 1. The summed E-state index contributed by atoms with van der Waals surface area (Å²) < 4.78 is 12.9. The van der Waals surface area contributed by atoms with Crippen molar-refractivity contribution in [1.29, 1.82) is 0 Å². The van der Waals surface area contributed by atoms with Gasteiger partial charge in [0.05, 0.1) is 24.6 Å². The Labute approximate surface area is 174 Å². The summed E-state index contributed by atoms with van der Waals surface area (Å²) in [6.45, 7) is 8.05. The lowest BCUT2D eigenvalue weighted by atomic mass is 10.0. The largest absolute Gasteiger partial charge is 0.496 e. The number of benzene rings is 2. The van der Waals surface area contributed by atoms with E-state index in [-0.39, 0.29) is 18.7 Å². The van der Waals surface area contributed by atoms with Crippen molar-refractivity contribution in [2.45, 2.75) is 26.8 Å². The Kier molecular flexibility index (Phi) is 4.92. The lowest BCUT2D eigenvalue weighted by Gasteiger charge is -2.21. The van der Waals surface area contributed by atoms with Crippen LogP contribution in [0.5, 0.6) is 11.5 Å². The number of carbonyl (C=O) groups is 1. The summed E-state index contributed by atoms with van der Waals surface area (Å²) in [5.41, 5.74) is 5.39. The number of ether oxygens (including phenoxy) is 2. The molecule has 0 saturated carbocycles. The highest BCUT2D eigenvalue weighted by atomic mass is 35.5. The minimum Gasteiger partial charge on any atom is -0.496 e. The highest BCUT2D eigenvalue weighted by Gasteiger charge is 2.26. The number of hydrogen-bond donors (Lipinski definition) is 0. The molecule has 0 atom stereocenters. The summed E-state index contributed by atoms with van der Waals surface area (Å²) >= 11 is 6.17. The van der Waals surface area contributed by atoms with Crippen LogP contribution in [-0.4, -0.2) is 22.7 Å². The van der Waals surface area contributed by atoms with E-state index in [1.807, 2.05) is 38.1 Å². The van der Waals surface area contributed by atoms with Crippen LogP contribution in [0.15, 0.2) is 43.1 Å². The van der Waals surface area contributed by atoms with Crippen LogP contribution in [-0.2, 0) is 17.8 Å². The molecule has 2 heterocycles. The maximum atomic E-state index is 12.9.